The summed E-state index contributed by atoms with van der Waals surface area (Å²) < 4.78 is 0. The number of hydrogen-bond donors (Lipinski definition) is 0. The fourth-order valence-corrected chi connectivity index (χ4v) is 0. The Hall–Kier alpha value is 2.60. The SMILES string of the molecule is [AlH3].[Cr].[MgH2].[MgH2]. The Morgan fingerprint density at radius 2 is 0.750 bits per heavy atom. The van der Waals surface area contributed by atoms with Gasteiger partial charge in [-0.2, -0.15) is 0 Å². The van der Waals surface area contributed by atoms with Gasteiger partial charge in [0.25, 0.3) is 0 Å². The molecule has 0 N–H and O–H groups in total. The van der Waals surface area contributed by atoms with Gasteiger partial charge in [0.2, 0.25) is 0 Å². The monoisotopic (exact) mass is 134 g/mol. The van der Waals surface area contributed by atoms with Gasteiger partial charge in [-0.05, 0) is 0 Å². The second-order valence-electron chi connectivity index (χ2n) is 0. The van der Waals surface area contributed by atoms with E-state index in [0.717, 1.165) is 0 Å². The van der Waals surface area contributed by atoms with Crippen LogP contribution in [0.15, 0.2) is 0 Å². The zero-order chi connectivity index (χ0) is 0. The van der Waals surface area contributed by atoms with Gasteiger partial charge in [-0.15, -0.1) is 0 Å². The Morgan fingerprint density at radius 1 is 0.750 bits per heavy atom. The minimum absolute atomic E-state index is 0. The van der Waals surface area contributed by atoms with Crippen molar-refractivity contribution in [3.05, 3.63) is 0 Å². The van der Waals surface area contributed by atoms with Crippen molar-refractivity contribution < 1.29 is 17.4 Å². The van der Waals surface area contributed by atoms with Crippen LogP contribution >= 0.6 is 0 Å². The largest absolute Gasteiger partial charge is 0.316 e. The van der Waals surface area contributed by atoms with Gasteiger partial charge >= 0.3 is 46.1 Å². The summed E-state index contributed by atoms with van der Waals surface area (Å²) >= 11 is 0. The molecule has 0 aliphatic rings. The van der Waals surface area contributed by atoms with Gasteiger partial charge in [0.15, 0.2) is 17.4 Å². The zero-order valence-electron chi connectivity index (χ0n) is 0.408. The van der Waals surface area contributed by atoms with E-state index in [0.29, 0.717) is 0 Å². The van der Waals surface area contributed by atoms with E-state index >= 15 is 0 Å². The fourth-order valence-electron chi connectivity index (χ4n) is 0. The van der Waals surface area contributed by atoms with Crippen LogP contribution in [-0.4, -0.2) is 63.5 Å². The molecule has 0 radical (unpaired) electrons. The van der Waals surface area contributed by atoms with Crippen molar-refractivity contribution in [3.8, 4) is 0 Å². The van der Waals surface area contributed by atoms with Crippen LogP contribution in [0, 0.1) is 0 Å². The topological polar surface area (TPSA) is 0 Å². The van der Waals surface area contributed by atoms with Crippen molar-refractivity contribution in [2.75, 3.05) is 0 Å². The van der Waals surface area contributed by atoms with Crippen LogP contribution in [0.25, 0.3) is 0 Å². The molecule has 0 aliphatic heterocycles. The Labute approximate surface area is 79.7 Å². The Morgan fingerprint density at radius 3 is 0.750 bits per heavy atom. The molecule has 0 aromatic rings. The van der Waals surface area contributed by atoms with Crippen molar-refractivity contribution in [1.82, 2.24) is 0 Å². The fraction of sp³-hybridized carbons (Fsp3) is 0. The molecule has 0 rings (SSSR count). The van der Waals surface area contributed by atoms with Gasteiger partial charge in [0, 0.05) is 17.4 Å². The van der Waals surface area contributed by atoms with Crippen LogP contribution in [0.4, 0.5) is 0 Å². The zero-order valence-corrected chi connectivity index (χ0v) is 1.68. The first kappa shape index (κ1) is 30.6. The van der Waals surface area contributed by atoms with Crippen molar-refractivity contribution in [3.63, 3.8) is 0 Å². The summed E-state index contributed by atoms with van der Waals surface area (Å²) in [5, 5.41) is 0. The first-order chi connectivity index (χ1) is 0. The molecule has 0 atom stereocenters. The van der Waals surface area contributed by atoms with E-state index in [2.05, 4.69) is 0 Å². The van der Waals surface area contributed by atoms with E-state index in [-0.39, 0.29) is 80.8 Å². The first-order valence-electron chi connectivity index (χ1n) is 0. The standard InChI is InChI=1S/Al.Cr.2Mg.7H. The molecule has 0 saturated heterocycles. The molecule has 20 valence electrons. The van der Waals surface area contributed by atoms with Crippen molar-refractivity contribution >= 4 is 63.5 Å². The van der Waals surface area contributed by atoms with Crippen molar-refractivity contribution in [2.45, 2.75) is 0 Å². The third kappa shape index (κ3) is 8.82. The third-order valence-electron chi connectivity index (χ3n) is 0. The molecule has 0 aromatic carbocycles. The molecular weight excluding hydrogens is 128 g/mol. The van der Waals surface area contributed by atoms with Gasteiger partial charge in [0.1, 0.15) is 0 Å². The van der Waals surface area contributed by atoms with Gasteiger partial charge in [0.05, 0.1) is 0 Å². The predicted octanol–water partition coefficient (Wildman–Crippen LogP) is -3.02. The number of rotatable bonds is 0. The second kappa shape index (κ2) is 17.5. The summed E-state index contributed by atoms with van der Waals surface area (Å²) in [6.07, 6.45) is 0. The van der Waals surface area contributed by atoms with E-state index in [1.807, 2.05) is 0 Å². The molecule has 0 aliphatic carbocycles. The summed E-state index contributed by atoms with van der Waals surface area (Å²) in [6, 6.07) is 0. The molecule has 0 aromatic heterocycles. The van der Waals surface area contributed by atoms with Crippen molar-refractivity contribution in [1.29, 1.82) is 0 Å². The summed E-state index contributed by atoms with van der Waals surface area (Å²) in [5.41, 5.74) is 0. The minimum atomic E-state index is 0. The predicted molar refractivity (Wildman–Crippen MR) is 27.0 cm³/mol. The van der Waals surface area contributed by atoms with Gasteiger partial charge in [-0.1, -0.05) is 0 Å². The van der Waals surface area contributed by atoms with Crippen LogP contribution in [0.5, 0.6) is 0 Å². The average molecular weight is 135 g/mol. The third-order valence-corrected chi connectivity index (χ3v) is 0. The maximum absolute atomic E-state index is 0. The molecular formula is H7AlCrMg2. The molecule has 0 nitrogen and oxygen atoms in total. The molecule has 0 bridgehead atoms. The average Bonchev–Trinajstić information content (AvgIpc) is 0. The van der Waals surface area contributed by atoms with Crippen LogP contribution in [-0.2, 0) is 17.4 Å². The quantitative estimate of drug-likeness (QED) is 0.310. The number of hydrogen-bond acceptors (Lipinski definition) is 0. The van der Waals surface area contributed by atoms with Crippen LogP contribution < -0.4 is 0 Å². The molecule has 0 unspecified atom stereocenters. The molecule has 4 heavy (non-hydrogen) atoms. The van der Waals surface area contributed by atoms with Crippen LogP contribution in [0.1, 0.15) is 0 Å². The molecule has 0 amide bonds. The Kier molecular flexibility index (Phi) is 134. The van der Waals surface area contributed by atoms with E-state index in [1.54, 1.807) is 0 Å². The van der Waals surface area contributed by atoms with Gasteiger partial charge < -0.3 is 0 Å². The van der Waals surface area contributed by atoms with Gasteiger partial charge in [-0.3, -0.25) is 0 Å². The molecule has 0 saturated carbocycles. The summed E-state index contributed by atoms with van der Waals surface area (Å²) in [6.45, 7) is 0. The first-order valence-corrected chi connectivity index (χ1v) is 0. The Bertz CT molecular complexity index is 6.00. The van der Waals surface area contributed by atoms with E-state index in [9.17, 15) is 0 Å². The molecule has 4 heteroatoms. The minimum Gasteiger partial charge on any atom is 0 e. The van der Waals surface area contributed by atoms with E-state index in [4.69, 9.17) is 0 Å². The van der Waals surface area contributed by atoms with Crippen LogP contribution in [0.3, 0.4) is 0 Å². The van der Waals surface area contributed by atoms with Crippen molar-refractivity contribution in [2.24, 2.45) is 0 Å². The van der Waals surface area contributed by atoms with Crippen LogP contribution in [0.2, 0.25) is 0 Å². The Balaban J connectivity index is 0. The summed E-state index contributed by atoms with van der Waals surface area (Å²) in [5.74, 6) is 0. The maximum atomic E-state index is 0. The normalized spacial score (nSPS) is 0. The molecule has 0 heterocycles. The van der Waals surface area contributed by atoms with E-state index < -0.39 is 0 Å². The molecule has 0 fully saturated rings. The second-order valence-corrected chi connectivity index (χ2v) is 0. The van der Waals surface area contributed by atoms with E-state index in [1.165, 1.54) is 0 Å². The summed E-state index contributed by atoms with van der Waals surface area (Å²) in [7, 11) is 0. The van der Waals surface area contributed by atoms with Gasteiger partial charge in [-0.25, -0.2) is 0 Å². The maximum Gasteiger partial charge on any atom is 0.316 e. The summed E-state index contributed by atoms with van der Waals surface area (Å²) in [4.78, 5) is 0. The molecule has 0 spiro atoms. The smallest absolute Gasteiger partial charge is 0 e.